The number of benzene rings is 3. The maximum Gasteiger partial charge on any atom is 0.317 e. The Morgan fingerprint density at radius 1 is 1.00 bits per heavy atom. The van der Waals surface area contributed by atoms with Gasteiger partial charge in [0.25, 0.3) is 0 Å². The Bertz CT molecular complexity index is 1220. The van der Waals surface area contributed by atoms with Crippen LogP contribution in [0.2, 0.25) is 10.0 Å². The van der Waals surface area contributed by atoms with Gasteiger partial charge in [-0.2, -0.15) is 0 Å². The van der Waals surface area contributed by atoms with Gasteiger partial charge in [0.15, 0.2) is 0 Å². The fourth-order valence-electron chi connectivity index (χ4n) is 4.91. The molecule has 0 bridgehead atoms. The number of nitrogens with zero attached hydrogens (tertiary/aromatic N) is 2. The zero-order chi connectivity index (χ0) is 26.5. The molecule has 8 heteroatoms. The molecular weight excluding hydrogens is 573 g/mol. The first kappa shape index (κ1) is 27.8. The highest BCUT2D eigenvalue weighted by molar-refractivity contribution is 9.10. The number of rotatable bonds is 7. The van der Waals surface area contributed by atoms with Crippen molar-refractivity contribution in [3.8, 4) is 11.5 Å². The molecule has 0 saturated carbocycles. The second-order valence-corrected chi connectivity index (χ2v) is 11.6. The average Bonchev–Trinajstić information content (AvgIpc) is 2.86. The lowest BCUT2D eigenvalue weighted by Gasteiger charge is -2.42. The largest absolute Gasteiger partial charge is 0.457 e. The lowest BCUT2D eigenvalue weighted by Crippen LogP contribution is -2.56. The second-order valence-electron chi connectivity index (χ2n) is 9.90. The third-order valence-electron chi connectivity index (χ3n) is 6.76. The monoisotopic (exact) mass is 603 g/mol. The van der Waals surface area contributed by atoms with Crippen molar-refractivity contribution in [2.75, 3.05) is 20.1 Å². The van der Waals surface area contributed by atoms with Crippen LogP contribution in [0.3, 0.4) is 0 Å². The van der Waals surface area contributed by atoms with Gasteiger partial charge in [-0.3, -0.25) is 4.90 Å². The molecule has 196 valence electrons. The first-order valence-corrected chi connectivity index (χ1v) is 13.9. The summed E-state index contributed by atoms with van der Waals surface area (Å²) in [5, 5.41) is 4.21. The smallest absolute Gasteiger partial charge is 0.317 e. The molecule has 5 nitrogen and oxygen atoms in total. The molecule has 0 radical (unpaired) electrons. The van der Waals surface area contributed by atoms with E-state index in [1.54, 1.807) is 23.1 Å². The Morgan fingerprint density at radius 2 is 1.65 bits per heavy atom. The van der Waals surface area contributed by atoms with Crippen LogP contribution in [0.4, 0.5) is 4.79 Å². The maximum atomic E-state index is 13.1. The first-order chi connectivity index (χ1) is 17.7. The van der Waals surface area contributed by atoms with Crippen LogP contribution < -0.4 is 10.1 Å². The zero-order valence-electron chi connectivity index (χ0n) is 21.3. The fourth-order valence-corrected chi connectivity index (χ4v) is 5.68. The van der Waals surface area contributed by atoms with Crippen molar-refractivity contribution >= 4 is 45.2 Å². The number of halogens is 3. The van der Waals surface area contributed by atoms with E-state index in [4.69, 9.17) is 27.9 Å². The third-order valence-corrected chi connectivity index (χ3v) is 8.24. The molecule has 0 aliphatic carbocycles. The van der Waals surface area contributed by atoms with Crippen LogP contribution in [0.5, 0.6) is 11.5 Å². The number of nitrogens with one attached hydrogen (secondary N) is 1. The Hall–Kier alpha value is -2.25. The van der Waals surface area contributed by atoms with E-state index in [-0.39, 0.29) is 12.1 Å². The molecule has 1 aliphatic rings. The molecule has 0 spiro atoms. The van der Waals surface area contributed by atoms with E-state index >= 15 is 0 Å². The quantitative estimate of drug-likeness (QED) is 0.299. The molecule has 37 heavy (non-hydrogen) atoms. The number of likely N-dealkylation sites (tertiary alicyclic amines) is 1. The van der Waals surface area contributed by atoms with Gasteiger partial charge in [-0.15, -0.1) is 0 Å². The van der Waals surface area contributed by atoms with Crippen LogP contribution in [0, 0.1) is 11.8 Å². The highest BCUT2D eigenvalue weighted by atomic mass is 79.9. The minimum atomic E-state index is -0.0664. The number of carbonyl (C=O) groups excluding carboxylic acids is 1. The van der Waals surface area contributed by atoms with E-state index in [1.165, 1.54) is 5.56 Å². The Kier molecular flexibility index (Phi) is 9.41. The van der Waals surface area contributed by atoms with Crippen molar-refractivity contribution in [1.82, 2.24) is 15.1 Å². The van der Waals surface area contributed by atoms with Gasteiger partial charge in [0.1, 0.15) is 11.5 Å². The summed E-state index contributed by atoms with van der Waals surface area (Å²) in [6.07, 6.45) is 0. The Balaban J connectivity index is 1.31. The van der Waals surface area contributed by atoms with Crippen LogP contribution in [0.1, 0.15) is 25.0 Å². The third kappa shape index (κ3) is 7.41. The lowest BCUT2D eigenvalue weighted by molar-refractivity contribution is 0.0942. The van der Waals surface area contributed by atoms with E-state index in [9.17, 15) is 4.79 Å². The number of amides is 2. The molecule has 3 aromatic carbocycles. The zero-order valence-corrected chi connectivity index (χ0v) is 24.4. The fraction of sp³-hybridized carbons (Fsp3) is 0.345. The summed E-state index contributed by atoms with van der Waals surface area (Å²) >= 11 is 15.7. The van der Waals surface area contributed by atoms with Crippen LogP contribution in [0.15, 0.2) is 71.2 Å². The van der Waals surface area contributed by atoms with Gasteiger partial charge in [0.05, 0.1) is 10.0 Å². The number of urea groups is 1. The summed E-state index contributed by atoms with van der Waals surface area (Å²) in [7, 11) is 1.82. The maximum absolute atomic E-state index is 13.1. The number of hydrogen-bond acceptors (Lipinski definition) is 3. The number of hydrogen-bond donors (Lipinski definition) is 1. The van der Waals surface area contributed by atoms with Crippen LogP contribution in [-0.4, -0.2) is 42.0 Å². The van der Waals surface area contributed by atoms with Crippen molar-refractivity contribution in [3.63, 3.8) is 0 Å². The van der Waals surface area contributed by atoms with Gasteiger partial charge in [-0.1, -0.05) is 89.4 Å². The van der Waals surface area contributed by atoms with E-state index in [1.807, 2.05) is 31.3 Å². The van der Waals surface area contributed by atoms with Gasteiger partial charge in [-0.25, -0.2) is 4.79 Å². The predicted octanol–water partition coefficient (Wildman–Crippen LogP) is 7.85. The summed E-state index contributed by atoms with van der Waals surface area (Å²) in [6, 6.07) is 21.5. The molecule has 4 rings (SSSR count). The molecule has 0 aromatic heterocycles. The van der Waals surface area contributed by atoms with Gasteiger partial charge in [0, 0.05) is 49.8 Å². The van der Waals surface area contributed by atoms with Crippen LogP contribution in [-0.2, 0) is 13.1 Å². The predicted molar refractivity (Wildman–Crippen MR) is 155 cm³/mol. The summed E-state index contributed by atoms with van der Waals surface area (Å²) in [6.45, 7) is 7.77. The van der Waals surface area contributed by atoms with E-state index in [0.29, 0.717) is 39.9 Å². The van der Waals surface area contributed by atoms with Crippen molar-refractivity contribution in [2.24, 2.45) is 11.8 Å². The molecule has 1 saturated heterocycles. The molecule has 1 N–H and O–H groups in total. The van der Waals surface area contributed by atoms with Crippen molar-refractivity contribution < 1.29 is 9.53 Å². The molecule has 2 atom stereocenters. The van der Waals surface area contributed by atoms with Crippen LogP contribution in [0.25, 0.3) is 0 Å². The molecule has 1 heterocycles. The number of carbonyl (C=O) groups is 1. The summed E-state index contributed by atoms with van der Waals surface area (Å²) < 4.78 is 6.76. The number of ether oxygens (including phenoxy) is 1. The van der Waals surface area contributed by atoms with Gasteiger partial charge in [-0.05, 0) is 47.2 Å². The van der Waals surface area contributed by atoms with Gasteiger partial charge in [0.2, 0.25) is 0 Å². The summed E-state index contributed by atoms with van der Waals surface area (Å²) in [5.41, 5.74) is 2.31. The van der Waals surface area contributed by atoms with E-state index < -0.39 is 0 Å². The van der Waals surface area contributed by atoms with Crippen LogP contribution >= 0.6 is 39.1 Å². The Labute approximate surface area is 237 Å². The highest BCUT2D eigenvalue weighted by Gasteiger charge is 2.33. The summed E-state index contributed by atoms with van der Waals surface area (Å²) in [5.74, 6) is 1.97. The standard InChI is InChI=1S/C29H32BrCl2N3O2/c1-19-15-35(17-21-7-5-4-6-8-21)16-20(2)28(19)33-29(36)34(3)18-22-9-10-23(13-25(22)30)37-24-11-12-26(31)27(32)14-24/h4-14,19-20,28H,15-18H2,1-3H3,(H,33,36). The normalized spacial score (nSPS) is 19.9. The molecule has 1 aliphatic heterocycles. The molecule has 2 unspecified atom stereocenters. The highest BCUT2D eigenvalue weighted by Crippen LogP contribution is 2.32. The Morgan fingerprint density at radius 3 is 2.30 bits per heavy atom. The minimum Gasteiger partial charge on any atom is -0.457 e. The van der Waals surface area contributed by atoms with Gasteiger partial charge >= 0.3 is 6.03 Å². The SMILES string of the molecule is CC1CN(Cc2ccccc2)CC(C)C1NC(=O)N(C)Cc1ccc(Oc2ccc(Cl)c(Cl)c2)cc1Br. The van der Waals surface area contributed by atoms with Gasteiger partial charge < -0.3 is 15.0 Å². The minimum absolute atomic E-state index is 0.0664. The van der Waals surface area contributed by atoms with Crippen molar-refractivity contribution in [1.29, 1.82) is 0 Å². The van der Waals surface area contributed by atoms with Crippen molar-refractivity contribution in [2.45, 2.75) is 33.0 Å². The lowest BCUT2D eigenvalue weighted by atomic mass is 9.85. The second kappa shape index (κ2) is 12.5. The van der Waals surface area contributed by atoms with E-state index in [0.717, 1.165) is 29.7 Å². The topological polar surface area (TPSA) is 44.8 Å². The molecule has 3 aromatic rings. The average molecular weight is 605 g/mol. The van der Waals surface area contributed by atoms with Crippen molar-refractivity contribution in [3.05, 3.63) is 92.4 Å². The molecular formula is C29H32BrCl2N3O2. The molecule has 2 amide bonds. The number of piperidine rings is 1. The van der Waals surface area contributed by atoms with E-state index in [2.05, 4.69) is 64.3 Å². The first-order valence-electron chi connectivity index (χ1n) is 12.4. The molecule has 1 fully saturated rings. The summed E-state index contributed by atoms with van der Waals surface area (Å²) in [4.78, 5) is 17.3.